The zero-order valence-electron chi connectivity index (χ0n) is 17.5. The van der Waals surface area contributed by atoms with Crippen LogP contribution in [0, 0.1) is 11.7 Å². The fraction of sp³-hybridized carbons (Fsp3) is 0.304. The molecule has 0 saturated carbocycles. The molecule has 0 fully saturated rings. The van der Waals surface area contributed by atoms with Gasteiger partial charge in [-0.15, -0.1) is 0 Å². The molecule has 0 amide bonds. The Labute approximate surface area is 189 Å². The van der Waals surface area contributed by atoms with E-state index in [0.29, 0.717) is 16.4 Å². The van der Waals surface area contributed by atoms with Crippen molar-refractivity contribution in [2.45, 2.75) is 32.4 Å². The van der Waals surface area contributed by atoms with E-state index in [1.165, 1.54) is 12.1 Å². The number of halogens is 2. The first-order chi connectivity index (χ1) is 14.7. The predicted octanol–water partition coefficient (Wildman–Crippen LogP) is 5.81. The highest BCUT2D eigenvalue weighted by Gasteiger charge is 2.53. The molecule has 0 aliphatic carbocycles. The Hall–Kier alpha value is -2.51. The Morgan fingerprint density at radius 1 is 1.29 bits per heavy atom. The molecule has 0 saturated heterocycles. The van der Waals surface area contributed by atoms with Gasteiger partial charge in [0.05, 0.1) is 18.2 Å². The average molecular weight is 461 g/mol. The number of carboxylic acids is 1. The van der Waals surface area contributed by atoms with Gasteiger partial charge in [0.2, 0.25) is 0 Å². The number of carbonyl (C=O) groups is 1. The molecule has 8 heteroatoms. The number of fused-ring (bicyclic) bond motifs is 1. The van der Waals surface area contributed by atoms with Crippen molar-refractivity contribution >= 4 is 34.5 Å². The maximum absolute atomic E-state index is 14.5. The third kappa shape index (κ3) is 3.49. The van der Waals surface area contributed by atoms with Gasteiger partial charge in [0.15, 0.2) is 5.17 Å². The molecular weight excluding hydrogens is 439 g/mol. The van der Waals surface area contributed by atoms with Crippen molar-refractivity contribution in [3.8, 4) is 5.75 Å². The van der Waals surface area contributed by atoms with Crippen LogP contribution in [-0.4, -0.2) is 28.3 Å². The lowest BCUT2D eigenvalue weighted by molar-refractivity contribution is -0.131. The number of hydrogen-bond donors (Lipinski definition) is 1. The summed E-state index contributed by atoms with van der Waals surface area (Å²) < 4.78 is 19.8. The van der Waals surface area contributed by atoms with Crippen LogP contribution < -0.4 is 4.74 Å². The minimum absolute atomic E-state index is 0.0377. The maximum atomic E-state index is 14.5. The SMILES string of the molecule is COc1ccc([C@]2(C)N=C3SC(C(=O)O)=C(C(C)C)N3[C@@H]2c2ccc(Cl)c(F)c2)cc1. The molecule has 4 rings (SSSR count). The second-order valence-electron chi connectivity index (χ2n) is 7.99. The molecule has 0 unspecified atom stereocenters. The van der Waals surface area contributed by atoms with Crippen molar-refractivity contribution in [2.24, 2.45) is 10.9 Å². The Balaban J connectivity index is 1.92. The number of benzene rings is 2. The van der Waals surface area contributed by atoms with Crippen LogP contribution in [0.15, 0.2) is 58.1 Å². The van der Waals surface area contributed by atoms with Crippen molar-refractivity contribution in [1.29, 1.82) is 0 Å². The molecule has 2 aliphatic rings. The molecular formula is C23H22ClFN2O3S. The first-order valence-corrected chi connectivity index (χ1v) is 11.0. The molecule has 2 aromatic carbocycles. The lowest BCUT2D eigenvalue weighted by atomic mass is 9.81. The van der Waals surface area contributed by atoms with Crippen LogP contribution in [0.25, 0.3) is 0 Å². The Kier molecular flexibility index (Phi) is 5.52. The third-order valence-electron chi connectivity index (χ3n) is 5.69. The molecule has 2 aliphatic heterocycles. The minimum Gasteiger partial charge on any atom is -0.497 e. The van der Waals surface area contributed by atoms with Gasteiger partial charge < -0.3 is 14.7 Å². The highest BCUT2D eigenvalue weighted by atomic mass is 35.5. The lowest BCUT2D eigenvalue weighted by Crippen LogP contribution is -2.36. The van der Waals surface area contributed by atoms with Crippen LogP contribution in [0.1, 0.15) is 37.9 Å². The van der Waals surface area contributed by atoms with Crippen LogP contribution in [0.5, 0.6) is 5.75 Å². The fourth-order valence-electron chi connectivity index (χ4n) is 4.24. The van der Waals surface area contributed by atoms with Gasteiger partial charge in [0.1, 0.15) is 22.0 Å². The zero-order valence-corrected chi connectivity index (χ0v) is 19.1. The Bertz CT molecular complexity index is 1120. The van der Waals surface area contributed by atoms with E-state index in [4.69, 9.17) is 21.3 Å². The maximum Gasteiger partial charge on any atom is 0.344 e. The van der Waals surface area contributed by atoms with E-state index in [1.54, 1.807) is 13.2 Å². The summed E-state index contributed by atoms with van der Waals surface area (Å²) >= 11 is 7.09. The number of rotatable bonds is 5. The van der Waals surface area contributed by atoms with E-state index in [0.717, 1.165) is 23.1 Å². The molecule has 31 heavy (non-hydrogen) atoms. The van der Waals surface area contributed by atoms with Gasteiger partial charge in [0.25, 0.3) is 0 Å². The second-order valence-corrected chi connectivity index (χ2v) is 9.38. The van der Waals surface area contributed by atoms with E-state index < -0.39 is 23.4 Å². The largest absolute Gasteiger partial charge is 0.497 e. The first-order valence-electron chi connectivity index (χ1n) is 9.81. The summed E-state index contributed by atoms with van der Waals surface area (Å²) in [6, 6.07) is 11.9. The number of hydrogen-bond acceptors (Lipinski definition) is 5. The normalized spacial score (nSPS) is 22.7. The molecule has 1 N–H and O–H groups in total. The van der Waals surface area contributed by atoms with Crippen molar-refractivity contribution in [3.63, 3.8) is 0 Å². The van der Waals surface area contributed by atoms with Crippen LogP contribution in [0.3, 0.4) is 0 Å². The number of methoxy groups -OCH3 is 1. The molecule has 162 valence electrons. The summed E-state index contributed by atoms with van der Waals surface area (Å²) in [7, 11) is 1.60. The molecule has 0 spiro atoms. The van der Waals surface area contributed by atoms with Gasteiger partial charge in [0, 0.05) is 5.70 Å². The van der Waals surface area contributed by atoms with E-state index in [2.05, 4.69) is 0 Å². The third-order valence-corrected chi connectivity index (χ3v) is 7.05. The van der Waals surface area contributed by atoms with Gasteiger partial charge in [-0.05, 0) is 60.0 Å². The monoisotopic (exact) mass is 460 g/mol. The van der Waals surface area contributed by atoms with E-state index in [-0.39, 0.29) is 15.8 Å². The summed E-state index contributed by atoms with van der Waals surface area (Å²) in [6.07, 6.45) is 0. The van der Waals surface area contributed by atoms with Gasteiger partial charge >= 0.3 is 5.97 Å². The number of thioether (sulfide) groups is 1. The highest BCUT2D eigenvalue weighted by molar-refractivity contribution is 8.18. The van der Waals surface area contributed by atoms with E-state index in [1.807, 2.05) is 49.9 Å². The first kappa shape index (κ1) is 21.7. The van der Waals surface area contributed by atoms with Crippen molar-refractivity contribution in [1.82, 2.24) is 4.90 Å². The Morgan fingerprint density at radius 2 is 1.97 bits per heavy atom. The zero-order chi connectivity index (χ0) is 22.5. The number of nitrogens with zero attached hydrogens (tertiary/aromatic N) is 2. The van der Waals surface area contributed by atoms with Crippen LogP contribution in [0.4, 0.5) is 4.39 Å². The molecule has 2 atom stereocenters. The number of aliphatic carboxylic acids is 1. The molecule has 2 aromatic rings. The molecule has 2 heterocycles. The molecule has 0 radical (unpaired) electrons. The van der Waals surface area contributed by atoms with E-state index in [9.17, 15) is 14.3 Å². The Morgan fingerprint density at radius 3 is 2.52 bits per heavy atom. The number of amidine groups is 1. The minimum atomic E-state index is -0.988. The quantitative estimate of drug-likeness (QED) is 0.609. The summed E-state index contributed by atoms with van der Waals surface area (Å²) in [5.74, 6) is -0.856. The van der Waals surface area contributed by atoms with Gasteiger partial charge in [-0.3, -0.25) is 0 Å². The van der Waals surface area contributed by atoms with Gasteiger partial charge in [-0.2, -0.15) is 0 Å². The summed E-state index contributed by atoms with van der Waals surface area (Å²) in [6.45, 7) is 5.88. The van der Waals surface area contributed by atoms with Crippen LogP contribution in [0.2, 0.25) is 5.02 Å². The topological polar surface area (TPSA) is 62.1 Å². The standard InChI is InChI=1S/C23H22ClFN2O3S/c1-12(2)18-19(21(28)29)31-22-26-23(3,14-6-8-15(30-4)9-7-14)20(27(18)22)13-5-10-16(24)17(25)11-13/h5-12,20H,1-4H3,(H,28,29)/t20-,23+/m1/s1. The number of carboxylic acid groups (broad SMARTS) is 1. The molecule has 0 aromatic heterocycles. The number of allylic oxidation sites excluding steroid dienone is 1. The molecule has 5 nitrogen and oxygen atoms in total. The smallest absolute Gasteiger partial charge is 0.344 e. The fourth-order valence-corrected chi connectivity index (χ4v) is 5.61. The predicted molar refractivity (Wildman–Crippen MR) is 121 cm³/mol. The number of aliphatic imine (C=N–C) groups is 1. The summed E-state index contributed by atoms with van der Waals surface area (Å²) in [5.41, 5.74) is 1.48. The van der Waals surface area contributed by atoms with E-state index >= 15 is 0 Å². The van der Waals surface area contributed by atoms with Gasteiger partial charge in [-0.1, -0.05) is 43.6 Å². The van der Waals surface area contributed by atoms with Crippen LogP contribution >= 0.6 is 23.4 Å². The van der Waals surface area contributed by atoms with Crippen LogP contribution in [-0.2, 0) is 10.3 Å². The number of ether oxygens (including phenoxy) is 1. The van der Waals surface area contributed by atoms with Crippen molar-refractivity contribution in [3.05, 3.63) is 75.0 Å². The van der Waals surface area contributed by atoms with Crippen molar-refractivity contribution < 1.29 is 19.0 Å². The summed E-state index contributed by atoms with van der Waals surface area (Å²) in [4.78, 5) is 19.1. The molecule has 0 bridgehead atoms. The van der Waals surface area contributed by atoms with Gasteiger partial charge in [-0.25, -0.2) is 14.2 Å². The average Bonchev–Trinajstić information content (AvgIpc) is 3.23. The van der Waals surface area contributed by atoms with Crippen molar-refractivity contribution in [2.75, 3.05) is 7.11 Å². The summed E-state index contributed by atoms with van der Waals surface area (Å²) in [5, 5.41) is 10.4. The highest BCUT2D eigenvalue weighted by Crippen LogP contribution is 2.56. The second kappa shape index (κ2) is 7.88. The lowest BCUT2D eigenvalue weighted by Gasteiger charge is -2.37.